The molecule has 2 heteroatoms. The molecule has 2 aromatic carbocycles. The molecule has 0 aliphatic rings. The number of rotatable bonds is 2. The molecule has 0 unspecified atom stereocenters. The third-order valence-corrected chi connectivity index (χ3v) is 2.53. The summed E-state index contributed by atoms with van der Waals surface area (Å²) >= 11 is 0. The van der Waals surface area contributed by atoms with Crippen molar-refractivity contribution in [1.29, 1.82) is 0 Å². The minimum absolute atomic E-state index is 0.387. The first-order chi connectivity index (χ1) is 7.68. The number of carbonyl (C=O) groups excluding carboxylic acids is 1. The lowest BCUT2D eigenvalue weighted by Crippen LogP contribution is -2.12. The van der Waals surface area contributed by atoms with Gasteiger partial charge in [0.05, 0.1) is 0 Å². The minimum Gasteiger partial charge on any atom is -0.366 e. The van der Waals surface area contributed by atoms with E-state index in [1.165, 1.54) is 0 Å². The van der Waals surface area contributed by atoms with E-state index >= 15 is 0 Å². The maximum Gasteiger partial charge on any atom is 0.249 e. The molecule has 0 atom stereocenters. The Morgan fingerprint density at radius 1 is 1.06 bits per heavy atom. The highest BCUT2D eigenvalue weighted by molar-refractivity contribution is 6.00. The Labute approximate surface area is 94.7 Å². The van der Waals surface area contributed by atoms with Gasteiger partial charge < -0.3 is 5.73 Å². The fourth-order valence-electron chi connectivity index (χ4n) is 1.73. The molecule has 0 radical (unpaired) electrons. The van der Waals surface area contributed by atoms with Gasteiger partial charge in [-0.05, 0) is 24.1 Å². The van der Waals surface area contributed by atoms with Crippen LogP contribution in [0.2, 0.25) is 0 Å². The normalized spacial score (nSPS) is 10.1. The van der Waals surface area contributed by atoms with Crippen molar-refractivity contribution in [3.63, 3.8) is 0 Å². The van der Waals surface area contributed by atoms with Crippen LogP contribution in [0.4, 0.5) is 0 Å². The number of carbonyl (C=O) groups is 1. The number of nitrogens with two attached hydrogens (primary N) is 1. The van der Waals surface area contributed by atoms with Crippen molar-refractivity contribution in [3.8, 4) is 11.1 Å². The molecule has 80 valence electrons. The van der Waals surface area contributed by atoms with Gasteiger partial charge in [0.2, 0.25) is 5.91 Å². The third kappa shape index (κ3) is 1.96. The summed E-state index contributed by atoms with van der Waals surface area (Å²) in [6.45, 7) is 1.95. The van der Waals surface area contributed by atoms with Crippen molar-refractivity contribution < 1.29 is 4.79 Å². The van der Waals surface area contributed by atoms with Gasteiger partial charge in [-0.25, -0.2) is 0 Å². The molecule has 2 aromatic rings. The zero-order valence-corrected chi connectivity index (χ0v) is 9.10. The molecule has 16 heavy (non-hydrogen) atoms. The highest BCUT2D eigenvalue weighted by atomic mass is 16.1. The van der Waals surface area contributed by atoms with Crippen molar-refractivity contribution in [2.75, 3.05) is 0 Å². The lowest BCUT2D eigenvalue weighted by atomic mass is 9.97. The second kappa shape index (κ2) is 4.19. The first-order valence-corrected chi connectivity index (χ1v) is 5.14. The van der Waals surface area contributed by atoms with Gasteiger partial charge in [0.1, 0.15) is 0 Å². The van der Waals surface area contributed by atoms with Gasteiger partial charge in [-0.2, -0.15) is 0 Å². The fraction of sp³-hybridized carbons (Fsp3) is 0.0714. The number of amides is 1. The van der Waals surface area contributed by atoms with E-state index in [1.807, 2.05) is 55.5 Å². The summed E-state index contributed by atoms with van der Waals surface area (Å²) in [6, 6.07) is 15.5. The van der Waals surface area contributed by atoms with Crippen molar-refractivity contribution in [1.82, 2.24) is 0 Å². The van der Waals surface area contributed by atoms with Gasteiger partial charge in [-0.1, -0.05) is 48.0 Å². The second-order valence-electron chi connectivity index (χ2n) is 3.78. The van der Waals surface area contributed by atoms with Crippen LogP contribution in [-0.4, -0.2) is 5.91 Å². The highest BCUT2D eigenvalue weighted by Gasteiger charge is 2.09. The van der Waals surface area contributed by atoms with Crippen molar-refractivity contribution in [2.45, 2.75) is 6.92 Å². The summed E-state index contributed by atoms with van der Waals surface area (Å²) in [7, 11) is 0. The Hall–Kier alpha value is -2.09. The predicted octanol–water partition coefficient (Wildman–Crippen LogP) is 2.76. The zero-order chi connectivity index (χ0) is 11.5. The number of hydrogen-bond acceptors (Lipinski definition) is 1. The fourth-order valence-corrected chi connectivity index (χ4v) is 1.73. The van der Waals surface area contributed by atoms with E-state index in [1.54, 1.807) is 0 Å². The Morgan fingerprint density at radius 2 is 1.75 bits per heavy atom. The second-order valence-corrected chi connectivity index (χ2v) is 3.78. The zero-order valence-electron chi connectivity index (χ0n) is 9.10. The molecule has 0 bridgehead atoms. The largest absolute Gasteiger partial charge is 0.366 e. The lowest BCUT2D eigenvalue weighted by molar-refractivity contribution is 0.100. The van der Waals surface area contributed by atoms with E-state index in [9.17, 15) is 4.79 Å². The quantitative estimate of drug-likeness (QED) is 0.815. The molecule has 0 aromatic heterocycles. The molecule has 0 aliphatic carbocycles. The summed E-state index contributed by atoms with van der Waals surface area (Å²) in [4.78, 5) is 11.4. The standard InChI is InChI=1S/C14H13NO/c1-10-7-8-12(13(9-10)14(15)16)11-5-3-2-4-6-11/h2-9H,1H3,(H2,15,16). The van der Waals surface area contributed by atoms with E-state index in [-0.39, 0.29) is 5.91 Å². The van der Waals surface area contributed by atoms with E-state index in [2.05, 4.69) is 0 Å². The number of benzene rings is 2. The monoisotopic (exact) mass is 211 g/mol. The molecular weight excluding hydrogens is 198 g/mol. The molecule has 2 N–H and O–H groups in total. The summed E-state index contributed by atoms with van der Waals surface area (Å²) in [5, 5.41) is 0. The molecular formula is C14H13NO. The molecule has 0 saturated carbocycles. The molecule has 0 heterocycles. The van der Waals surface area contributed by atoms with Crippen molar-refractivity contribution in [2.24, 2.45) is 5.73 Å². The molecule has 0 saturated heterocycles. The predicted molar refractivity (Wildman–Crippen MR) is 65.1 cm³/mol. The van der Waals surface area contributed by atoms with Gasteiger partial charge in [-0.15, -0.1) is 0 Å². The van der Waals surface area contributed by atoms with Crippen molar-refractivity contribution >= 4 is 5.91 Å². The Bertz CT molecular complexity index is 518. The topological polar surface area (TPSA) is 43.1 Å². The Kier molecular flexibility index (Phi) is 2.73. The number of aryl methyl sites for hydroxylation is 1. The van der Waals surface area contributed by atoms with Crippen LogP contribution in [0.25, 0.3) is 11.1 Å². The minimum atomic E-state index is -0.387. The Morgan fingerprint density at radius 3 is 2.38 bits per heavy atom. The van der Waals surface area contributed by atoms with E-state index < -0.39 is 0 Å². The molecule has 0 aliphatic heterocycles. The van der Waals surface area contributed by atoms with Gasteiger partial charge in [0.15, 0.2) is 0 Å². The van der Waals surface area contributed by atoms with E-state index in [0.717, 1.165) is 16.7 Å². The van der Waals surface area contributed by atoms with Crippen LogP contribution < -0.4 is 5.73 Å². The van der Waals surface area contributed by atoms with Crippen LogP contribution in [0.1, 0.15) is 15.9 Å². The van der Waals surface area contributed by atoms with E-state index in [4.69, 9.17) is 5.73 Å². The first-order valence-electron chi connectivity index (χ1n) is 5.14. The van der Waals surface area contributed by atoms with Gasteiger partial charge >= 0.3 is 0 Å². The van der Waals surface area contributed by atoms with Crippen molar-refractivity contribution in [3.05, 3.63) is 59.7 Å². The van der Waals surface area contributed by atoms with E-state index in [0.29, 0.717) is 5.56 Å². The maximum absolute atomic E-state index is 11.4. The van der Waals surface area contributed by atoms with Crippen LogP contribution in [0.15, 0.2) is 48.5 Å². The smallest absolute Gasteiger partial charge is 0.249 e. The first kappa shape index (κ1) is 10.4. The average Bonchev–Trinajstić information content (AvgIpc) is 2.30. The van der Waals surface area contributed by atoms with Crippen LogP contribution in [-0.2, 0) is 0 Å². The van der Waals surface area contributed by atoms with Crippen LogP contribution in [0.3, 0.4) is 0 Å². The summed E-state index contributed by atoms with van der Waals surface area (Å²) < 4.78 is 0. The highest BCUT2D eigenvalue weighted by Crippen LogP contribution is 2.24. The van der Waals surface area contributed by atoms with Gasteiger partial charge in [0.25, 0.3) is 0 Å². The molecule has 2 nitrogen and oxygen atoms in total. The molecule has 0 fully saturated rings. The van der Waals surface area contributed by atoms with Gasteiger partial charge in [0, 0.05) is 5.56 Å². The summed E-state index contributed by atoms with van der Waals surface area (Å²) in [5.41, 5.74) is 8.89. The molecule has 0 spiro atoms. The summed E-state index contributed by atoms with van der Waals surface area (Å²) in [5.74, 6) is -0.387. The summed E-state index contributed by atoms with van der Waals surface area (Å²) in [6.07, 6.45) is 0. The molecule has 1 amide bonds. The maximum atomic E-state index is 11.4. The Balaban J connectivity index is 2.61. The number of primary amides is 1. The van der Waals surface area contributed by atoms with Crippen LogP contribution in [0, 0.1) is 6.92 Å². The van der Waals surface area contributed by atoms with Gasteiger partial charge in [-0.3, -0.25) is 4.79 Å². The third-order valence-electron chi connectivity index (χ3n) is 2.53. The number of hydrogen-bond donors (Lipinski definition) is 1. The average molecular weight is 211 g/mol. The lowest BCUT2D eigenvalue weighted by Gasteiger charge is -2.07. The van der Waals surface area contributed by atoms with Crippen LogP contribution in [0.5, 0.6) is 0 Å². The SMILES string of the molecule is Cc1ccc(-c2ccccc2)c(C(N)=O)c1. The molecule has 2 rings (SSSR count). The van der Waals surface area contributed by atoms with Crippen LogP contribution >= 0.6 is 0 Å².